The maximum absolute atomic E-state index is 13.0. The van der Waals surface area contributed by atoms with Crippen LogP contribution in [0.2, 0.25) is 0 Å². The molecule has 10 nitrogen and oxygen atoms in total. The minimum Gasteiger partial charge on any atom is -0.481 e. The van der Waals surface area contributed by atoms with Crippen molar-refractivity contribution in [1.82, 2.24) is 4.98 Å². The van der Waals surface area contributed by atoms with Gasteiger partial charge in [-0.2, -0.15) is 0 Å². The Balaban J connectivity index is 2.35. The lowest BCUT2D eigenvalue weighted by Gasteiger charge is -2.34. The molecule has 0 saturated carbocycles. The topological polar surface area (TPSA) is 149 Å². The SMILES string of the molecule is CO[C@@H]1/C=C/[C@@H](C)[C@H](O)C[C@H](CC(=O)O)C/C=C/C(=O)OC([C@H](C)[C@@H](OC)/C(C)=C/C=C/C(C)=C/c2coc(C)n2)C[C@H](O)[C@@H]1C. The number of hydrogen-bond donors (Lipinski definition) is 3. The number of oxazole rings is 1. The molecule has 0 spiro atoms. The summed E-state index contributed by atoms with van der Waals surface area (Å²) in [5.41, 5.74) is 2.62. The number of nitrogens with zero attached hydrogens (tertiary/aromatic N) is 1. The van der Waals surface area contributed by atoms with Gasteiger partial charge in [0.05, 0.1) is 24.4 Å². The lowest BCUT2D eigenvalue weighted by atomic mass is 9.85. The molecule has 0 radical (unpaired) electrons. The number of allylic oxidation sites excluding steroid dienone is 5. The molecule has 2 rings (SSSR count). The zero-order valence-electron chi connectivity index (χ0n) is 28.5. The molecule has 0 aromatic carbocycles. The lowest BCUT2D eigenvalue weighted by molar-refractivity contribution is -0.150. The van der Waals surface area contributed by atoms with Crippen molar-refractivity contribution in [3.8, 4) is 0 Å². The number of methoxy groups -OCH3 is 2. The molecule has 0 bridgehead atoms. The van der Waals surface area contributed by atoms with Crippen LogP contribution in [0.25, 0.3) is 6.08 Å². The summed E-state index contributed by atoms with van der Waals surface area (Å²) in [5.74, 6) is -2.32. The van der Waals surface area contributed by atoms with Crippen LogP contribution in [0.3, 0.4) is 0 Å². The van der Waals surface area contributed by atoms with Crippen molar-refractivity contribution in [2.24, 2.45) is 23.7 Å². The largest absolute Gasteiger partial charge is 0.481 e. The number of esters is 1. The number of carboxylic acid groups (broad SMARTS) is 1. The van der Waals surface area contributed by atoms with Crippen LogP contribution in [-0.4, -0.2) is 77.0 Å². The fourth-order valence-electron chi connectivity index (χ4n) is 5.72. The Labute approximate surface area is 273 Å². The van der Waals surface area contributed by atoms with E-state index in [0.29, 0.717) is 5.89 Å². The Morgan fingerprint density at radius 3 is 2.48 bits per heavy atom. The number of aryl methyl sites for hydroxylation is 1. The third kappa shape index (κ3) is 12.8. The summed E-state index contributed by atoms with van der Waals surface area (Å²) < 4.78 is 22.8. The summed E-state index contributed by atoms with van der Waals surface area (Å²) in [6, 6.07) is 0. The van der Waals surface area contributed by atoms with E-state index in [2.05, 4.69) is 4.98 Å². The summed E-state index contributed by atoms with van der Waals surface area (Å²) in [7, 11) is 3.15. The van der Waals surface area contributed by atoms with Crippen molar-refractivity contribution in [3.05, 3.63) is 71.5 Å². The summed E-state index contributed by atoms with van der Waals surface area (Å²) >= 11 is 0. The Morgan fingerprint density at radius 2 is 1.87 bits per heavy atom. The van der Waals surface area contributed by atoms with E-state index >= 15 is 0 Å². The van der Waals surface area contributed by atoms with Gasteiger partial charge in [-0.1, -0.05) is 57.2 Å². The van der Waals surface area contributed by atoms with Gasteiger partial charge in [-0.15, -0.1) is 0 Å². The van der Waals surface area contributed by atoms with Crippen LogP contribution in [0.1, 0.15) is 71.9 Å². The minimum absolute atomic E-state index is 0.136. The standard InChI is InChI=1S/C36H53NO9/c1-22(17-29-21-45-27(6)37-29)11-9-12-24(3)36(44-8)26(5)33-20-31(39)25(4)32(43-7)16-15-23(2)30(38)18-28(19-34(40)41)13-10-14-35(42)46-33/h9-12,14-17,21,23,25-26,28,30-33,36,38-39H,13,18-20H2,1-8H3,(H,40,41)/b11-9+,14-10+,16-15+,22-17+,24-12+/t23-,25+,26+,28-,30-,31+,32-,33?,36+/m1/s1. The van der Waals surface area contributed by atoms with Gasteiger partial charge in [0, 0.05) is 57.8 Å². The van der Waals surface area contributed by atoms with Crippen LogP contribution < -0.4 is 0 Å². The first-order valence-electron chi connectivity index (χ1n) is 15.9. The molecule has 10 heteroatoms. The van der Waals surface area contributed by atoms with Gasteiger partial charge >= 0.3 is 11.9 Å². The average molecular weight is 644 g/mol. The molecule has 46 heavy (non-hydrogen) atoms. The number of carbonyl (C=O) groups excluding carboxylic acids is 1. The highest BCUT2D eigenvalue weighted by atomic mass is 16.5. The molecule has 1 aliphatic rings. The van der Waals surface area contributed by atoms with E-state index < -0.39 is 42.5 Å². The smallest absolute Gasteiger partial charge is 0.330 e. The van der Waals surface area contributed by atoms with E-state index in [-0.39, 0.29) is 49.4 Å². The summed E-state index contributed by atoms with van der Waals surface area (Å²) in [6.07, 6.45) is 13.1. The highest BCUT2D eigenvalue weighted by molar-refractivity contribution is 5.82. The lowest BCUT2D eigenvalue weighted by Crippen LogP contribution is -2.40. The van der Waals surface area contributed by atoms with Gasteiger partial charge < -0.3 is 33.9 Å². The molecule has 3 N–H and O–H groups in total. The van der Waals surface area contributed by atoms with Crippen molar-refractivity contribution in [1.29, 1.82) is 0 Å². The predicted octanol–water partition coefficient (Wildman–Crippen LogP) is 5.85. The van der Waals surface area contributed by atoms with Gasteiger partial charge in [-0.3, -0.25) is 4.79 Å². The normalized spacial score (nSPS) is 30.5. The van der Waals surface area contributed by atoms with Crippen LogP contribution in [0, 0.1) is 30.6 Å². The van der Waals surface area contributed by atoms with Gasteiger partial charge in [0.2, 0.25) is 0 Å². The predicted molar refractivity (Wildman–Crippen MR) is 177 cm³/mol. The zero-order valence-corrected chi connectivity index (χ0v) is 28.5. The number of hydrogen-bond acceptors (Lipinski definition) is 9. The summed E-state index contributed by atoms with van der Waals surface area (Å²) in [5, 5.41) is 31.5. The molecular weight excluding hydrogens is 590 g/mol. The number of cyclic esters (lactones) is 1. The molecule has 0 saturated heterocycles. The first kappa shape index (κ1) is 38.9. The van der Waals surface area contributed by atoms with Gasteiger partial charge in [0.25, 0.3) is 0 Å². The van der Waals surface area contributed by atoms with Crippen molar-refractivity contribution < 1.29 is 43.5 Å². The maximum Gasteiger partial charge on any atom is 0.330 e. The van der Waals surface area contributed by atoms with Crippen LogP contribution >= 0.6 is 0 Å². The summed E-state index contributed by atoms with van der Waals surface area (Å²) in [6.45, 7) is 11.3. The molecule has 2 heterocycles. The molecule has 0 fully saturated rings. The molecule has 1 unspecified atom stereocenters. The van der Waals surface area contributed by atoms with E-state index in [1.54, 1.807) is 33.5 Å². The maximum atomic E-state index is 13.0. The molecule has 256 valence electrons. The van der Waals surface area contributed by atoms with Gasteiger partial charge in [0.1, 0.15) is 18.1 Å². The summed E-state index contributed by atoms with van der Waals surface area (Å²) in [4.78, 5) is 28.8. The van der Waals surface area contributed by atoms with Crippen LogP contribution in [0.5, 0.6) is 0 Å². The molecule has 1 aromatic rings. The second-order valence-corrected chi connectivity index (χ2v) is 12.5. The van der Waals surface area contributed by atoms with Gasteiger partial charge in [-0.25, -0.2) is 9.78 Å². The number of aliphatic hydroxyl groups excluding tert-OH is 2. The molecule has 0 aliphatic carbocycles. The molecule has 9 atom stereocenters. The van der Waals surface area contributed by atoms with E-state index in [0.717, 1.165) is 16.8 Å². The van der Waals surface area contributed by atoms with Crippen molar-refractivity contribution in [2.75, 3.05) is 14.2 Å². The van der Waals surface area contributed by atoms with E-state index in [4.69, 9.17) is 18.6 Å². The minimum atomic E-state index is -0.970. The molecular formula is C36H53NO9. The number of carboxylic acids is 1. The zero-order chi connectivity index (χ0) is 34.4. The molecule has 1 aliphatic heterocycles. The Kier molecular flexibility index (Phi) is 16.4. The Hall–Kier alpha value is -3.31. The van der Waals surface area contributed by atoms with Crippen LogP contribution in [-0.2, 0) is 23.8 Å². The van der Waals surface area contributed by atoms with Crippen molar-refractivity contribution >= 4 is 18.0 Å². The van der Waals surface area contributed by atoms with E-state index in [1.165, 1.54) is 6.08 Å². The average Bonchev–Trinajstić information content (AvgIpc) is 3.40. The van der Waals surface area contributed by atoms with Gasteiger partial charge in [0.15, 0.2) is 5.89 Å². The second kappa shape index (κ2) is 19.4. The van der Waals surface area contributed by atoms with Crippen LogP contribution in [0.15, 0.2) is 64.4 Å². The highest BCUT2D eigenvalue weighted by Gasteiger charge is 2.34. The number of aliphatic hydroxyl groups is 2. The quantitative estimate of drug-likeness (QED) is 0.161. The van der Waals surface area contributed by atoms with E-state index in [9.17, 15) is 24.9 Å². The third-order valence-corrected chi connectivity index (χ3v) is 8.61. The second-order valence-electron chi connectivity index (χ2n) is 12.5. The van der Waals surface area contributed by atoms with E-state index in [1.807, 2.05) is 71.1 Å². The van der Waals surface area contributed by atoms with Crippen molar-refractivity contribution in [2.45, 2.75) is 97.7 Å². The number of carbonyl (C=O) groups is 2. The van der Waals surface area contributed by atoms with Gasteiger partial charge in [-0.05, 0) is 49.8 Å². The third-order valence-electron chi connectivity index (χ3n) is 8.61. The first-order valence-corrected chi connectivity index (χ1v) is 15.9. The Bertz CT molecular complexity index is 1260. The Morgan fingerprint density at radius 1 is 1.15 bits per heavy atom. The monoisotopic (exact) mass is 643 g/mol. The first-order chi connectivity index (χ1) is 21.7. The number of aromatic nitrogens is 1. The van der Waals surface area contributed by atoms with Crippen LogP contribution in [0.4, 0.5) is 0 Å². The fourth-order valence-corrected chi connectivity index (χ4v) is 5.72. The number of ether oxygens (including phenoxy) is 3. The number of rotatable bonds is 10. The number of aliphatic carboxylic acids is 1. The molecule has 0 amide bonds. The highest BCUT2D eigenvalue weighted by Crippen LogP contribution is 2.29. The fraction of sp³-hybridized carbons (Fsp3) is 0.583. The molecule has 1 aromatic heterocycles. The van der Waals surface area contributed by atoms with Crippen molar-refractivity contribution in [3.63, 3.8) is 0 Å².